The minimum Gasteiger partial charge on any atom is -0.325 e. The Kier molecular flexibility index (Phi) is 8.07. The number of hydrogen-bond acceptors (Lipinski definition) is 0. The van der Waals surface area contributed by atoms with Crippen molar-refractivity contribution in [2.75, 3.05) is 20.6 Å². The van der Waals surface area contributed by atoms with Gasteiger partial charge in [0.25, 0.3) is 0 Å². The number of unbranched alkanes of at least 4 members (excludes halogenated alkanes) is 5. The van der Waals surface area contributed by atoms with Gasteiger partial charge in [-0.15, -0.1) is 0 Å². The van der Waals surface area contributed by atoms with Crippen LogP contribution < -0.4 is 0 Å². The Labute approximate surface area is 123 Å². The molecular weight excluding hydrogens is 246 g/mol. The summed E-state index contributed by atoms with van der Waals surface area (Å²) in [6.07, 6.45) is 8.62. The Morgan fingerprint density at radius 2 is 1.42 bits per heavy atom. The molecule has 0 aliphatic rings. The highest BCUT2D eigenvalue weighted by Gasteiger charge is 2.14. The maximum atomic E-state index is 2.36. The first kappa shape index (κ1) is 16.5. The maximum absolute atomic E-state index is 2.36. The third kappa shape index (κ3) is 8.22. The fourth-order valence-corrected chi connectivity index (χ4v) is 3.15. The van der Waals surface area contributed by atoms with Gasteiger partial charge in [-0.3, -0.25) is 0 Å². The molecule has 0 saturated carbocycles. The second kappa shape index (κ2) is 9.32. The lowest BCUT2D eigenvalue weighted by Gasteiger charge is -2.30. The maximum Gasteiger partial charge on any atom is 0.104 e. The molecule has 0 spiro atoms. The van der Waals surface area contributed by atoms with Crippen molar-refractivity contribution >= 4 is 10.2 Å². The molecular formula is C17H32NSi+. The van der Waals surface area contributed by atoms with Gasteiger partial charge in [-0.25, -0.2) is 0 Å². The molecule has 1 rings (SSSR count). The van der Waals surface area contributed by atoms with E-state index in [1.807, 2.05) is 0 Å². The first-order valence-corrected chi connectivity index (χ1v) is 9.41. The molecule has 0 amide bonds. The number of hydrogen-bond donors (Lipinski definition) is 0. The number of benzene rings is 1. The average Bonchev–Trinajstić information content (AvgIpc) is 2.38. The van der Waals surface area contributed by atoms with E-state index in [9.17, 15) is 0 Å². The summed E-state index contributed by atoms with van der Waals surface area (Å²) in [7, 11) is 6.10. The Balaban J connectivity index is 2.13. The van der Waals surface area contributed by atoms with E-state index in [-0.39, 0.29) is 0 Å². The minimum absolute atomic E-state index is 1.12. The quantitative estimate of drug-likeness (QED) is 0.350. The van der Waals surface area contributed by atoms with Gasteiger partial charge in [0.1, 0.15) is 6.54 Å². The predicted molar refractivity (Wildman–Crippen MR) is 89.6 cm³/mol. The molecule has 19 heavy (non-hydrogen) atoms. The molecule has 0 aromatic heterocycles. The van der Waals surface area contributed by atoms with E-state index in [1.165, 1.54) is 66.9 Å². The van der Waals surface area contributed by atoms with Gasteiger partial charge in [0.2, 0.25) is 0 Å². The van der Waals surface area contributed by atoms with Crippen LogP contribution in [0.2, 0.25) is 6.04 Å². The van der Waals surface area contributed by atoms with Crippen molar-refractivity contribution in [1.82, 2.24) is 0 Å². The van der Waals surface area contributed by atoms with Crippen molar-refractivity contribution in [3.8, 4) is 0 Å². The van der Waals surface area contributed by atoms with E-state index in [2.05, 4.69) is 44.4 Å². The third-order valence-electron chi connectivity index (χ3n) is 3.82. The highest BCUT2D eigenvalue weighted by Crippen LogP contribution is 2.12. The summed E-state index contributed by atoms with van der Waals surface area (Å²) >= 11 is 0. The van der Waals surface area contributed by atoms with Gasteiger partial charge in [0.05, 0.1) is 20.6 Å². The first-order valence-electron chi connectivity index (χ1n) is 8.00. The number of quaternary nitrogens is 1. The van der Waals surface area contributed by atoms with Crippen molar-refractivity contribution < 1.29 is 4.48 Å². The molecule has 0 saturated heterocycles. The smallest absolute Gasteiger partial charge is 0.104 e. The summed E-state index contributed by atoms with van der Waals surface area (Å²) in [6, 6.07) is 12.4. The van der Waals surface area contributed by atoms with Gasteiger partial charge in [-0.05, 0) is 12.8 Å². The molecule has 0 bridgehead atoms. The van der Waals surface area contributed by atoms with Crippen LogP contribution >= 0.6 is 0 Å². The van der Waals surface area contributed by atoms with Gasteiger partial charge < -0.3 is 4.48 Å². The zero-order chi connectivity index (χ0) is 14.0. The SMILES string of the molecule is C[N+](C)(CCCCCCCC[SiH3])Cc1ccccc1. The van der Waals surface area contributed by atoms with Crippen LogP contribution in [0, 0.1) is 0 Å². The Morgan fingerprint density at radius 1 is 0.842 bits per heavy atom. The predicted octanol–water partition coefficient (Wildman–Crippen LogP) is 3.39. The molecule has 0 N–H and O–H groups in total. The van der Waals surface area contributed by atoms with E-state index >= 15 is 0 Å². The first-order chi connectivity index (χ1) is 9.14. The summed E-state index contributed by atoms with van der Waals surface area (Å²) < 4.78 is 1.12. The van der Waals surface area contributed by atoms with Gasteiger partial charge >= 0.3 is 0 Å². The lowest BCUT2D eigenvalue weighted by molar-refractivity contribution is -0.903. The van der Waals surface area contributed by atoms with Gasteiger partial charge in [0.15, 0.2) is 0 Å². The second-order valence-electron chi connectivity index (χ2n) is 6.42. The van der Waals surface area contributed by atoms with Crippen molar-refractivity contribution in [2.24, 2.45) is 0 Å². The fraction of sp³-hybridized carbons (Fsp3) is 0.647. The summed E-state index contributed by atoms with van der Waals surface area (Å²) in [6.45, 7) is 2.46. The standard InChI is InChI=1S/C17H32NSi/c1-18(2,16-17-12-8-7-9-13-17)14-10-5-3-4-6-11-15-19/h7-9,12-13H,3-6,10-11,14-16H2,1-2,19H3/q+1. The van der Waals surface area contributed by atoms with Crippen LogP contribution in [0.5, 0.6) is 0 Å². The van der Waals surface area contributed by atoms with E-state index < -0.39 is 0 Å². The summed E-state index contributed by atoms with van der Waals surface area (Å²) in [5.74, 6) is 0. The normalized spacial score (nSPS) is 11.9. The van der Waals surface area contributed by atoms with E-state index in [1.54, 1.807) is 0 Å². The topological polar surface area (TPSA) is 0 Å². The lowest BCUT2D eigenvalue weighted by atomic mass is 10.1. The number of nitrogens with zero attached hydrogens (tertiary/aromatic N) is 1. The zero-order valence-corrected chi connectivity index (χ0v) is 15.2. The third-order valence-corrected chi connectivity index (χ3v) is 4.53. The molecule has 0 aliphatic heterocycles. The summed E-state index contributed by atoms with van der Waals surface area (Å²) in [5.41, 5.74) is 1.46. The molecule has 0 atom stereocenters. The van der Waals surface area contributed by atoms with E-state index in [4.69, 9.17) is 0 Å². The van der Waals surface area contributed by atoms with Crippen molar-refractivity contribution in [3.63, 3.8) is 0 Å². The van der Waals surface area contributed by atoms with Crippen LogP contribution in [0.4, 0.5) is 0 Å². The molecule has 0 aliphatic carbocycles. The Hall–Kier alpha value is -0.603. The Morgan fingerprint density at radius 3 is 2.05 bits per heavy atom. The monoisotopic (exact) mass is 278 g/mol. The van der Waals surface area contributed by atoms with Crippen LogP contribution in [0.25, 0.3) is 0 Å². The molecule has 0 radical (unpaired) electrons. The molecule has 1 aromatic carbocycles. The van der Waals surface area contributed by atoms with Crippen LogP contribution in [-0.2, 0) is 6.54 Å². The zero-order valence-electron chi connectivity index (χ0n) is 13.2. The fourth-order valence-electron chi connectivity index (χ4n) is 2.65. The van der Waals surface area contributed by atoms with Gasteiger partial charge in [0, 0.05) is 15.8 Å². The highest BCUT2D eigenvalue weighted by molar-refractivity contribution is 6.08. The van der Waals surface area contributed by atoms with Crippen LogP contribution in [0.15, 0.2) is 30.3 Å². The summed E-state index contributed by atoms with van der Waals surface area (Å²) in [4.78, 5) is 0. The average molecular weight is 279 g/mol. The largest absolute Gasteiger partial charge is 0.325 e. The Bertz CT molecular complexity index is 321. The van der Waals surface area contributed by atoms with E-state index in [0.717, 1.165) is 11.0 Å². The summed E-state index contributed by atoms with van der Waals surface area (Å²) in [5, 5.41) is 0. The molecule has 0 fully saturated rings. The molecule has 0 unspecified atom stereocenters. The van der Waals surface area contributed by atoms with Crippen LogP contribution in [0.3, 0.4) is 0 Å². The molecule has 1 nitrogen and oxygen atoms in total. The van der Waals surface area contributed by atoms with Gasteiger partial charge in [-0.1, -0.05) is 62.1 Å². The minimum atomic E-state index is 1.12. The van der Waals surface area contributed by atoms with Crippen LogP contribution in [-0.4, -0.2) is 35.4 Å². The highest BCUT2D eigenvalue weighted by atomic mass is 28.1. The molecule has 0 heterocycles. The molecule has 108 valence electrons. The molecule has 1 aromatic rings. The second-order valence-corrected chi connectivity index (χ2v) is 7.42. The van der Waals surface area contributed by atoms with Crippen molar-refractivity contribution in [1.29, 1.82) is 0 Å². The van der Waals surface area contributed by atoms with Gasteiger partial charge in [-0.2, -0.15) is 0 Å². The van der Waals surface area contributed by atoms with Crippen molar-refractivity contribution in [2.45, 2.75) is 51.1 Å². The lowest BCUT2D eigenvalue weighted by Crippen LogP contribution is -2.39. The molecule has 2 heteroatoms. The van der Waals surface area contributed by atoms with Crippen molar-refractivity contribution in [3.05, 3.63) is 35.9 Å². The number of rotatable bonds is 10. The van der Waals surface area contributed by atoms with Crippen LogP contribution in [0.1, 0.15) is 44.1 Å². The van der Waals surface area contributed by atoms with E-state index in [0.29, 0.717) is 0 Å².